The zero-order valence-corrected chi connectivity index (χ0v) is 14.5. The Balaban J connectivity index is 1.74. The summed E-state index contributed by atoms with van der Waals surface area (Å²) in [5.74, 6) is -0.234. The first-order valence-electron chi connectivity index (χ1n) is 8.05. The van der Waals surface area contributed by atoms with Crippen LogP contribution in [0.2, 0.25) is 0 Å². The van der Waals surface area contributed by atoms with Gasteiger partial charge in [0.05, 0.1) is 4.90 Å². The van der Waals surface area contributed by atoms with Crippen LogP contribution in [0.4, 0.5) is 0 Å². The van der Waals surface area contributed by atoms with Gasteiger partial charge in [-0.3, -0.25) is 4.79 Å². The van der Waals surface area contributed by atoms with E-state index in [1.807, 2.05) is 18.2 Å². The summed E-state index contributed by atoms with van der Waals surface area (Å²) in [4.78, 5) is 12.6. The maximum absolute atomic E-state index is 12.4. The van der Waals surface area contributed by atoms with Crippen LogP contribution in [0.3, 0.4) is 0 Å². The SMILES string of the molecule is CS(=O)(=O)c1cccc(C(=O)NCC2(c3ccccc3)CCC2)c1. The van der Waals surface area contributed by atoms with Gasteiger partial charge in [0.1, 0.15) is 0 Å². The molecule has 0 spiro atoms. The van der Waals surface area contributed by atoms with Crippen LogP contribution < -0.4 is 5.32 Å². The van der Waals surface area contributed by atoms with Crippen molar-refractivity contribution in [2.75, 3.05) is 12.8 Å². The van der Waals surface area contributed by atoms with E-state index in [2.05, 4.69) is 17.4 Å². The van der Waals surface area contributed by atoms with Gasteiger partial charge in [-0.05, 0) is 36.6 Å². The van der Waals surface area contributed by atoms with E-state index < -0.39 is 9.84 Å². The Bertz CT molecular complexity index is 840. The molecule has 1 amide bonds. The molecule has 3 rings (SSSR count). The standard InChI is InChI=1S/C19H21NO3S/c1-24(22,23)17-10-5-7-15(13-17)18(21)20-14-19(11-6-12-19)16-8-3-2-4-9-16/h2-5,7-10,13H,6,11-12,14H2,1H3,(H,20,21). The monoisotopic (exact) mass is 343 g/mol. The van der Waals surface area contributed by atoms with E-state index in [-0.39, 0.29) is 16.2 Å². The van der Waals surface area contributed by atoms with Gasteiger partial charge in [-0.1, -0.05) is 42.8 Å². The van der Waals surface area contributed by atoms with Crippen LogP contribution in [-0.2, 0) is 15.3 Å². The van der Waals surface area contributed by atoms with Crippen molar-refractivity contribution < 1.29 is 13.2 Å². The second-order valence-electron chi connectivity index (χ2n) is 6.48. The molecule has 24 heavy (non-hydrogen) atoms. The molecule has 5 heteroatoms. The lowest BCUT2D eigenvalue weighted by Gasteiger charge is -2.42. The van der Waals surface area contributed by atoms with Crippen LogP contribution in [0.5, 0.6) is 0 Å². The number of carbonyl (C=O) groups excluding carboxylic acids is 1. The molecule has 1 saturated carbocycles. The molecule has 0 unspecified atom stereocenters. The highest BCUT2D eigenvalue weighted by atomic mass is 32.2. The van der Waals surface area contributed by atoms with E-state index in [4.69, 9.17) is 0 Å². The molecule has 0 atom stereocenters. The van der Waals surface area contributed by atoms with E-state index in [9.17, 15) is 13.2 Å². The van der Waals surface area contributed by atoms with Crippen LogP contribution in [0.1, 0.15) is 35.2 Å². The average molecular weight is 343 g/mol. The maximum Gasteiger partial charge on any atom is 0.251 e. The molecule has 2 aromatic rings. The third kappa shape index (κ3) is 3.36. The van der Waals surface area contributed by atoms with Gasteiger partial charge in [-0.2, -0.15) is 0 Å². The summed E-state index contributed by atoms with van der Waals surface area (Å²) in [5.41, 5.74) is 1.63. The summed E-state index contributed by atoms with van der Waals surface area (Å²) in [6.07, 6.45) is 4.42. The fourth-order valence-corrected chi connectivity index (χ4v) is 3.85. The number of rotatable bonds is 5. The minimum absolute atomic E-state index is 0.00532. The van der Waals surface area contributed by atoms with Gasteiger partial charge in [-0.25, -0.2) is 8.42 Å². The van der Waals surface area contributed by atoms with Gasteiger partial charge >= 0.3 is 0 Å². The Morgan fingerprint density at radius 2 is 1.79 bits per heavy atom. The Labute approximate surface area is 142 Å². The predicted molar refractivity (Wildman–Crippen MR) is 93.9 cm³/mol. The molecule has 0 aromatic heterocycles. The van der Waals surface area contributed by atoms with E-state index >= 15 is 0 Å². The first-order chi connectivity index (χ1) is 11.4. The summed E-state index contributed by atoms with van der Waals surface area (Å²) in [6.45, 7) is 0.568. The Morgan fingerprint density at radius 1 is 1.08 bits per heavy atom. The molecule has 1 aliphatic rings. The van der Waals surface area contributed by atoms with Crippen LogP contribution in [-0.4, -0.2) is 27.1 Å². The van der Waals surface area contributed by atoms with Gasteiger partial charge in [0.2, 0.25) is 0 Å². The van der Waals surface area contributed by atoms with Crippen molar-refractivity contribution in [3.63, 3.8) is 0 Å². The topological polar surface area (TPSA) is 63.2 Å². The molecule has 0 heterocycles. The van der Waals surface area contributed by atoms with Crippen molar-refractivity contribution >= 4 is 15.7 Å². The second-order valence-corrected chi connectivity index (χ2v) is 8.50. The molecule has 126 valence electrons. The predicted octanol–water partition coefficient (Wildman–Crippen LogP) is 2.94. The highest BCUT2D eigenvalue weighted by molar-refractivity contribution is 7.90. The van der Waals surface area contributed by atoms with E-state index in [0.717, 1.165) is 25.5 Å². The molecule has 0 saturated heterocycles. The van der Waals surface area contributed by atoms with Gasteiger partial charge in [0.25, 0.3) is 5.91 Å². The number of amides is 1. The summed E-state index contributed by atoms with van der Waals surface area (Å²) >= 11 is 0. The fourth-order valence-electron chi connectivity index (χ4n) is 3.18. The zero-order valence-electron chi connectivity index (χ0n) is 13.7. The van der Waals surface area contributed by atoms with Gasteiger partial charge in [0.15, 0.2) is 9.84 Å². The number of carbonyl (C=O) groups is 1. The smallest absolute Gasteiger partial charge is 0.251 e. The Morgan fingerprint density at radius 3 is 2.38 bits per heavy atom. The average Bonchev–Trinajstić information content (AvgIpc) is 2.54. The molecule has 0 radical (unpaired) electrons. The lowest BCUT2D eigenvalue weighted by molar-refractivity contribution is 0.0927. The summed E-state index contributed by atoms with van der Waals surface area (Å²) < 4.78 is 23.3. The molecule has 1 N–H and O–H groups in total. The van der Waals surface area contributed by atoms with Crippen molar-refractivity contribution in [2.24, 2.45) is 0 Å². The van der Waals surface area contributed by atoms with Crippen LogP contribution in [0.25, 0.3) is 0 Å². The number of hydrogen-bond acceptors (Lipinski definition) is 3. The normalized spacial score (nSPS) is 16.2. The van der Waals surface area contributed by atoms with Crippen molar-refractivity contribution in [1.82, 2.24) is 5.32 Å². The van der Waals surface area contributed by atoms with Gasteiger partial charge in [-0.15, -0.1) is 0 Å². The van der Waals surface area contributed by atoms with Crippen molar-refractivity contribution in [1.29, 1.82) is 0 Å². The number of nitrogens with one attached hydrogen (secondary N) is 1. The highest BCUT2D eigenvalue weighted by Gasteiger charge is 2.38. The van der Waals surface area contributed by atoms with Crippen molar-refractivity contribution in [3.05, 3.63) is 65.7 Å². The molecular formula is C19H21NO3S. The number of sulfone groups is 1. The summed E-state index contributed by atoms with van der Waals surface area (Å²) in [6, 6.07) is 16.4. The number of hydrogen-bond donors (Lipinski definition) is 1. The second kappa shape index (κ2) is 6.40. The third-order valence-electron chi connectivity index (χ3n) is 4.81. The van der Waals surface area contributed by atoms with E-state index in [1.165, 1.54) is 17.7 Å². The Hall–Kier alpha value is -2.14. The van der Waals surface area contributed by atoms with Crippen molar-refractivity contribution in [2.45, 2.75) is 29.6 Å². The van der Waals surface area contributed by atoms with Crippen LogP contribution in [0.15, 0.2) is 59.5 Å². The lowest BCUT2D eigenvalue weighted by atomic mass is 9.64. The summed E-state index contributed by atoms with van der Waals surface area (Å²) in [7, 11) is -3.32. The molecule has 1 aliphatic carbocycles. The molecule has 0 bridgehead atoms. The van der Waals surface area contributed by atoms with Gasteiger partial charge in [0, 0.05) is 23.8 Å². The van der Waals surface area contributed by atoms with Crippen molar-refractivity contribution in [3.8, 4) is 0 Å². The largest absolute Gasteiger partial charge is 0.351 e. The maximum atomic E-state index is 12.4. The van der Waals surface area contributed by atoms with Crippen LogP contribution >= 0.6 is 0 Å². The molecule has 4 nitrogen and oxygen atoms in total. The molecular weight excluding hydrogens is 322 g/mol. The zero-order chi connectivity index (χ0) is 17.2. The fraction of sp³-hybridized carbons (Fsp3) is 0.316. The van der Waals surface area contributed by atoms with E-state index in [1.54, 1.807) is 12.1 Å². The molecule has 2 aromatic carbocycles. The van der Waals surface area contributed by atoms with Gasteiger partial charge < -0.3 is 5.32 Å². The highest BCUT2D eigenvalue weighted by Crippen LogP contribution is 2.43. The lowest BCUT2D eigenvalue weighted by Crippen LogP contribution is -2.45. The number of benzene rings is 2. The first kappa shape index (κ1) is 16.7. The first-order valence-corrected chi connectivity index (χ1v) is 9.94. The minimum Gasteiger partial charge on any atom is -0.351 e. The van der Waals surface area contributed by atoms with E-state index in [0.29, 0.717) is 12.1 Å². The van der Waals surface area contributed by atoms with Crippen LogP contribution in [0, 0.1) is 0 Å². The minimum atomic E-state index is -3.32. The quantitative estimate of drug-likeness (QED) is 0.908. The Kier molecular flexibility index (Phi) is 4.45. The third-order valence-corrected chi connectivity index (χ3v) is 5.92. The summed E-state index contributed by atoms with van der Waals surface area (Å²) in [5, 5.41) is 2.99. The molecule has 0 aliphatic heterocycles. The molecule has 1 fully saturated rings.